The number of thioether (sulfide) groups is 1. The Kier molecular flexibility index (Phi) is 10.8. The summed E-state index contributed by atoms with van der Waals surface area (Å²) in [6.07, 6.45) is 2.15. The summed E-state index contributed by atoms with van der Waals surface area (Å²) in [5, 5.41) is 6.92. The standard InChI is InChI=1S/C20H35N5S.HI/c1-17(15-22-19(21-4)23-16-20(2,3)26-5)24-11-13-25(14-12-24)18-9-7-6-8-10-18;/h6-10,17H,11-16H2,1-5H3,(H2,21,22,23);1H. The van der Waals surface area contributed by atoms with Crippen LogP contribution in [-0.2, 0) is 0 Å². The molecule has 1 aromatic rings. The van der Waals surface area contributed by atoms with Crippen molar-refractivity contribution < 1.29 is 0 Å². The van der Waals surface area contributed by atoms with E-state index in [0.717, 1.165) is 45.2 Å². The van der Waals surface area contributed by atoms with Gasteiger partial charge >= 0.3 is 0 Å². The summed E-state index contributed by atoms with van der Waals surface area (Å²) in [7, 11) is 1.84. The highest BCUT2D eigenvalue weighted by molar-refractivity contribution is 14.0. The summed E-state index contributed by atoms with van der Waals surface area (Å²) >= 11 is 1.87. The molecule has 1 atom stereocenters. The Hall–Kier alpha value is -0.670. The Labute approximate surface area is 186 Å². The minimum absolute atomic E-state index is 0. The molecule has 27 heavy (non-hydrogen) atoms. The van der Waals surface area contributed by atoms with Gasteiger partial charge in [-0.05, 0) is 39.2 Å². The number of nitrogens with one attached hydrogen (secondary N) is 2. The molecule has 0 bridgehead atoms. The van der Waals surface area contributed by atoms with E-state index in [9.17, 15) is 0 Å². The van der Waals surface area contributed by atoms with Crippen LogP contribution in [0, 0.1) is 0 Å². The lowest BCUT2D eigenvalue weighted by Gasteiger charge is -2.39. The number of anilines is 1. The van der Waals surface area contributed by atoms with Crippen LogP contribution in [0.25, 0.3) is 0 Å². The summed E-state index contributed by atoms with van der Waals surface area (Å²) in [4.78, 5) is 9.39. The van der Waals surface area contributed by atoms with Gasteiger partial charge in [0.25, 0.3) is 0 Å². The second-order valence-electron chi connectivity index (χ2n) is 7.48. The summed E-state index contributed by atoms with van der Waals surface area (Å²) < 4.78 is 0.205. The van der Waals surface area contributed by atoms with Crippen LogP contribution >= 0.6 is 35.7 Å². The zero-order valence-corrected chi connectivity index (χ0v) is 20.5. The number of piperazine rings is 1. The Bertz CT molecular complexity index is 559. The first-order valence-corrected chi connectivity index (χ1v) is 10.7. The van der Waals surface area contributed by atoms with Crippen LogP contribution in [0.5, 0.6) is 0 Å². The monoisotopic (exact) mass is 505 g/mol. The van der Waals surface area contributed by atoms with E-state index in [0.29, 0.717) is 6.04 Å². The molecule has 0 spiro atoms. The Morgan fingerprint density at radius 2 is 1.78 bits per heavy atom. The van der Waals surface area contributed by atoms with Crippen molar-refractivity contribution in [1.29, 1.82) is 0 Å². The van der Waals surface area contributed by atoms with Crippen LogP contribution in [-0.4, -0.2) is 74.2 Å². The fourth-order valence-corrected chi connectivity index (χ4v) is 3.24. The number of nitrogens with zero attached hydrogens (tertiary/aromatic N) is 3. The number of hydrogen-bond donors (Lipinski definition) is 2. The van der Waals surface area contributed by atoms with Crippen molar-refractivity contribution in [2.75, 3.05) is 57.5 Å². The molecule has 2 rings (SSSR count). The molecule has 1 saturated heterocycles. The minimum Gasteiger partial charge on any atom is -0.369 e. The van der Waals surface area contributed by atoms with Crippen LogP contribution in [0.15, 0.2) is 35.3 Å². The molecule has 1 fully saturated rings. The van der Waals surface area contributed by atoms with E-state index in [1.165, 1.54) is 5.69 Å². The van der Waals surface area contributed by atoms with Gasteiger partial charge in [0.1, 0.15) is 0 Å². The summed E-state index contributed by atoms with van der Waals surface area (Å²) in [5.41, 5.74) is 1.33. The van der Waals surface area contributed by atoms with Crippen molar-refractivity contribution in [3.05, 3.63) is 30.3 Å². The molecule has 1 aliphatic rings. The largest absolute Gasteiger partial charge is 0.369 e. The van der Waals surface area contributed by atoms with Gasteiger partial charge in [-0.25, -0.2) is 0 Å². The highest BCUT2D eigenvalue weighted by Gasteiger charge is 2.21. The second-order valence-corrected chi connectivity index (χ2v) is 8.99. The molecule has 0 saturated carbocycles. The molecule has 1 heterocycles. The van der Waals surface area contributed by atoms with Crippen LogP contribution in [0.2, 0.25) is 0 Å². The van der Waals surface area contributed by atoms with Gasteiger partial charge in [-0.2, -0.15) is 11.8 Å². The van der Waals surface area contributed by atoms with Crippen LogP contribution in [0.4, 0.5) is 5.69 Å². The average molecular weight is 506 g/mol. The molecule has 2 N–H and O–H groups in total. The maximum atomic E-state index is 4.35. The predicted octanol–water partition coefficient (Wildman–Crippen LogP) is 3.12. The molecule has 154 valence electrons. The van der Waals surface area contributed by atoms with Gasteiger partial charge in [0.2, 0.25) is 0 Å². The molecule has 0 amide bonds. The number of halogens is 1. The minimum atomic E-state index is 0. The first-order valence-electron chi connectivity index (χ1n) is 9.49. The third-order valence-electron chi connectivity index (χ3n) is 5.08. The molecule has 1 aliphatic heterocycles. The van der Waals surface area contributed by atoms with Crippen molar-refractivity contribution in [3.8, 4) is 0 Å². The van der Waals surface area contributed by atoms with Crippen LogP contribution < -0.4 is 15.5 Å². The number of para-hydroxylation sites is 1. The topological polar surface area (TPSA) is 42.9 Å². The van der Waals surface area contributed by atoms with E-state index in [4.69, 9.17) is 0 Å². The third kappa shape index (κ3) is 8.07. The molecule has 7 heteroatoms. The number of guanidine groups is 1. The highest BCUT2D eigenvalue weighted by Crippen LogP contribution is 2.19. The lowest BCUT2D eigenvalue weighted by Crippen LogP contribution is -2.53. The van der Waals surface area contributed by atoms with Gasteiger partial charge in [0, 0.05) is 62.8 Å². The zero-order valence-electron chi connectivity index (χ0n) is 17.4. The normalized spacial score (nSPS) is 17.2. The smallest absolute Gasteiger partial charge is 0.191 e. The maximum Gasteiger partial charge on any atom is 0.191 e. The van der Waals surface area contributed by atoms with Gasteiger partial charge in [-0.3, -0.25) is 9.89 Å². The quantitative estimate of drug-likeness (QED) is 0.339. The summed E-state index contributed by atoms with van der Waals surface area (Å²) in [5.74, 6) is 0.891. The van der Waals surface area contributed by atoms with Gasteiger partial charge in [-0.1, -0.05) is 18.2 Å². The lowest BCUT2D eigenvalue weighted by molar-refractivity contribution is 0.197. The van der Waals surface area contributed by atoms with E-state index in [-0.39, 0.29) is 28.7 Å². The molecule has 5 nitrogen and oxygen atoms in total. The second kappa shape index (κ2) is 12.0. The fourth-order valence-electron chi connectivity index (χ4n) is 3.02. The Morgan fingerprint density at radius 3 is 2.33 bits per heavy atom. The molecule has 0 radical (unpaired) electrons. The zero-order chi connectivity index (χ0) is 19.0. The average Bonchev–Trinajstić information content (AvgIpc) is 2.68. The van der Waals surface area contributed by atoms with Crippen molar-refractivity contribution >= 4 is 47.4 Å². The van der Waals surface area contributed by atoms with E-state index >= 15 is 0 Å². The molecule has 0 aromatic heterocycles. The summed E-state index contributed by atoms with van der Waals surface area (Å²) in [6.45, 7) is 13.0. The molecular weight excluding hydrogens is 469 g/mol. The predicted molar refractivity (Wildman–Crippen MR) is 132 cm³/mol. The van der Waals surface area contributed by atoms with Gasteiger partial charge in [0.15, 0.2) is 5.96 Å². The fraction of sp³-hybridized carbons (Fsp3) is 0.650. The first kappa shape index (κ1) is 24.4. The first-order chi connectivity index (χ1) is 12.4. The number of rotatable bonds is 7. The van der Waals surface area contributed by atoms with Crippen molar-refractivity contribution in [2.24, 2.45) is 4.99 Å². The molecular formula is C20H36IN5S. The lowest BCUT2D eigenvalue weighted by atomic mass is 10.2. The van der Waals surface area contributed by atoms with E-state index < -0.39 is 0 Å². The molecule has 1 aromatic carbocycles. The van der Waals surface area contributed by atoms with E-state index in [1.54, 1.807) is 0 Å². The van der Waals surface area contributed by atoms with Gasteiger partial charge in [0.05, 0.1) is 0 Å². The van der Waals surface area contributed by atoms with Crippen LogP contribution in [0.1, 0.15) is 20.8 Å². The van der Waals surface area contributed by atoms with Crippen molar-refractivity contribution in [1.82, 2.24) is 15.5 Å². The van der Waals surface area contributed by atoms with Crippen molar-refractivity contribution in [2.45, 2.75) is 31.6 Å². The summed E-state index contributed by atoms with van der Waals surface area (Å²) in [6, 6.07) is 11.2. The Morgan fingerprint density at radius 1 is 1.15 bits per heavy atom. The third-order valence-corrected chi connectivity index (χ3v) is 6.33. The van der Waals surface area contributed by atoms with E-state index in [1.807, 2.05) is 18.8 Å². The SMILES string of the molecule is CN=C(NCC(C)N1CCN(c2ccccc2)CC1)NCC(C)(C)SC.I. The number of hydrogen-bond acceptors (Lipinski definition) is 4. The van der Waals surface area contributed by atoms with E-state index in [2.05, 4.69) is 82.8 Å². The Balaban J connectivity index is 0.00000364. The molecule has 1 unspecified atom stereocenters. The van der Waals surface area contributed by atoms with Crippen LogP contribution in [0.3, 0.4) is 0 Å². The van der Waals surface area contributed by atoms with Gasteiger partial charge < -0.3 is 15.5 Å². The van der Waals surface area contributed by atoms with Crippen molar-refractivity contribution in [3.63, 3.8) is 0 Å². The molecule has 0 aliphatic carbocycles. The maximum absolute atomic E-state index is 4.35. The highest BCUT2D eigenvalue weighted by atomic mass is 127. The van der Waals surface area contributed by atoms with Gasteiger partial charge in [-0.15, -0.1) is 24.0 Å². The number of aliphatic imine (C=N–C) groups is 1. The number of benzene rings is 1.